The summed E-state index contributed by atoms with van der Waals surface area (Å²) in [5.41, 5.74) is 1.79. The number of amidine groups is 1. The second-order valence-corrected chi connectivity index (χ2v) is 5.38. The molecule has 1 unspecified atom stereocenters. The van der Waals surface area contributed by atoms with Crippen molar-refractivity contribution in [3.63, 3.8) is 0 Å². The van der Waals surface area contributed by atoms with Gasteiger partial charge in [-0.2, -0.15) is 0 Å². The highest BCUT2D eigenvalue weighted by molar-refractivity contribution is 8.15. The largest absolute Gasteiger partial charge is 0.335 e. The highest BCUT2D eigenvalue weighted by atomic mass is 32.2. The van der Waals surface area contributed by atoms with Gasteiger partial charge in [0.1, 0.15) is 0 Å². The Bertz CT molecular complexity index is 442. The van der Waals surface area contributed by atoms with Crippen LogP contribution >= 0.6 is 11.8 Å². The molecule has 0 saturated carbocycles. The van der Waals surface area contributed by atoms with Crippen LogP contribution in [-0.4, -0.2) is 22.9 Å². The predicted octanol–water partition coefficient (Wildman–Crippen LogP) is 2.55. The van der Waals surface area contributed by atoms with Crippen LogP contribution in [0.25, 0.3) is 0 Å². The first-order valence-corrected chi connectivity index (χ1v) is 6.37. The molecule has 2 N–H and O–H groups in total. The Kier molecular flexibility index (Phi) is 3.68. The molecule has 1 aromatic carbocycles. The van der Waals surface area contributed by atoms with Gasteiger partial charge in [0.15, 0.2) is 5.17 Å². The summed E-state index contributed by atoms with van der Waals surface area (Å²) in [7, 11) is 0. The summed E-state index contributed by atoms with van der Waals surface area (Å²) in [6.45, 7) is 4.52. The first-order chi connectivity index (χ1) is 8.13. The molecule has 5 heteroatoms. The molecule has 17 heavy (non-hydrogen) atoms. The van der Waals surface area contributed by atoms with Gasteiger partial charge in [-0.05, 0) is 24.3 Å². The maximum atomic E-state index is 10.9. The van der Waals surface area contributed by atoms with Crippen molar-refractivity contribution >= 4 is 34.2 Å². The lowest BCUT2D eigenvalue weighted by Crippen LogP contribution is -2.07. The fraction of sp³-hybridized carbons (Fsp3) is 0.333. The van der Waals surface area contributed by atoms with E-state index in [0.29, 0.717) is 5.25 Å². The van der Waals surface area contributed by atoms with Crippen LogP contribution in [-0.2, 0) is 4.79 Å². The second kappa shape index (κ2) is 5.23. The van der Waals surface area contributed by atoms with Crippen molar-refractivity contribution in [2.45, 2.75) is 19.1 Å². The summed E-state index contributed by atoms with van der Waals surface area (Å²) in [4.78, 5) is 15.2. The van der Waals surface area contributed by atoms with Crippen molar-refractivity contribution in [3.8, 4) is 0 Å². The molecular formula is C12H15N3OS. The minimum Gasteiger partial charge on any atom is -0.335 e. The lowest BCUT2D eigenvalue weighted by molar-refractivity contribution is -0.114. The predicted molar refractivity (Wildman–Crippen MR) is 73.7 cm³/mol. The van der Waals surface area contributed by atoms with Crippen LogP contribution in [0.4, 0.5) is 11.4 Å². The second-order valence-electron chi connectivity index (χ2n) is 3.96. The van der Waals surface area contributed by atoms with E-state index in [1.165, 1.54) is 6.92 Å². The third kappa shape index (κ3) is 3.49. The van der Waals surface area contributed by atoms with E-state index in [0.717, 1.165) is 23.1 Å². The number of carbonyl (C=O) groups is 1. The number of nitrogens with zero attached hydrogens (tertiary/aromatic N) is 1. The number of hydrogen-bond acceptors (Lipinski definition) is 4. The van der Waals surface area contributed by atoms with Gasteiger partial charge < -0.3 is 10.6 Å². The summed E-state index contributed by atoms with van der Waals surface area (Å²) in [5.74, 6) is -0.0599. The van der Waals surface area contributed by atoms with Gasteiger partial charge >= 0.3 is 0 Å². The highest BCUT2D eigenvalue weighted by Crippen LogP contribution is 2.22. The SMILES string of the molecule is CC(=O)Nc1ccc(NC2=NCC(C)S2)cc1. The van der Waals surface area contributed by atoms with E-state index in [2.05, 4.69) is 22.5 Å². The quantitative estimate of drug-likeness (QED) is 0.847. The van der Waals surface area contributed by atoms with Gasteiger partial charge in [0.25, 0.3) is 0 Å². The van der Waals surface area contributed by atoms with Crippen LogP contribution in [0.1, 0.15) is 13.8 Å². The molecule has 0 radical (unpaired) electrons. The van der Waals surface area contributed by atoms with Crippen molar-refractivity contribution < 1.29 is 4.79 Å². The van der Waals surface area contributed by atoms with E-state index in [4.69, 9.17) is 0 Å². The Hall–Kier alpha value is -1.49. The molecule has 2 rings (SSSR count). The average molecular weight is 249 g/mol. The number of amides is 1. The molecule has 0 saturated heterocycles. The molecule has 0 spiro atoms. The number of benzene rings is 1. The van der Waals surface area contributed by atoms with Gasteiger partial charge in [-0.25, -0.2) is 0 Å². The van der Waals surface area contributed by atoms with Crippen LogP contribution in [0, 0.1) is 0 Å². The van der Waals surface area contributed by atoms with Crippen molar-refractivity contribution in [2.24, 2.45) is 4.99 Å². The van der Waals surface area contributed by atoms with Crippen LogP contribution < -0.4 is 10.6 Å². The zero-order valence-electron chi connectivity index (χ0n) is 9.86. The van der Waals surface area contributed by atoms with Crippen molar-refractivity contribution in [1.82, 2.24) is 0 Å². The molecular weight excluding hydrogens is 234 g/mol. The van der Waals surface area contributed by atoms with E-state index in [1.807, 2.05) is 24.3 Å². The van der Waals surface area contributed by atoms with Gasteiger partial charge in [0, 0.05) is 23.5 Å². The fourth-order valence-electron chi connectivity index (χ4n) is 1.51. The van der Waals surface area contributed by atoms with Crippen LogP contribution in [0.2, 0.25) is 0 Å². The standard InChI is InChI=1S/C12H15N3OS/c1-8-7-13-12(17-8)15-11-5-3-10(4-6-11)14-9(2)16/h3-6,8H,7H2,1-2H3,(H,13,15)(H,14,16). The summed E-state index contributed by atoms with van der Waals surface area (Å²) in [6.07, 6.45) is 0. The number of hydrogen-bond donors (Lipinski definition) is 2. The first kappa shape index (κ1) is 12.0. The lowest BCUT2D eigenvalue weighted by Gasteiger charge is -2.07. The smallest absolute Gasteiger partial charge is 0.221 e. The topological polar surface area (TPSA) is 53.5 Å². The molecule has 1 aliphatic heterocycles. The van der Waals surface area contributed by atoms with Crippen molar-refractivity contribution in [2.75, 3.05) is 17.2 Å². The summed E-state index contributed by atoms with van der Waals surface area (Å²) >= 11 is 1.74. The van der Waals surface area contributed by atoms with Gasteiger partial charge in [-0.3, -0.25) is 9.79 Å². The Balaban J connectivity index is 1.96. The number of nitrogens with one attached hydrogen (secondary N) is 2. The van der Waals surface area contributed by atoms with Gasteiger partial charge in [-0.1, -0.05) is 18.7 Å². The van der Waals surface area contributed by atoms with E-state index in [-0.39, 0.29) is 5.91 Å². The van der Waals surface area contributed by atoms with Crippen molar-refractivity contribution in [3.05, 3.63) is 24.3 Å². The minimum absolute atomic E-state index is 0.0599. The molecule has 1 aliphatic rings. The summed E-state index contributed by atoms with van der Waals surface area (Å²) in [6, 6.07) is 7.59. The maximum absolute atomic E-state index is 10.9. The Morgan fingerprint density at radius 2 is 2.00 bits per heavy atom. The molecule has 0 aliphatic carbocycles. The number of aliphatic imine (C=N–C) groups is 1. The average Bonchev–Trinajstić information content (AvgIpc) is 2.66. The summed E-state index contributed by atoms with van der Waals surface area (Å²) < 4.78 is 0. The van der Waals surface area contributed by atoms with Gasteiger partial charge in [0.2, 0.25) is 5.91 Å². The highest BCUT2D eigenvalue weighted by Gasteiger charge is 2.14. The Morgan fingerprint density at radius 3 is 2.53 bits per heavy atom. The molecule has 0 aromatic heterocycles. The fourth-order valence-corrected chi connectivity index (χ4v) is 2.37. The molecule has 90 valence electrons. The monoisotopic (exact) mass is 249 g/mol. The molecule has 1 amide bonds. The molecule has 1 heterocycles. The number of thioether (sulfide) groups is 1. The molecule has 1 atom stereocenters. The Labute approximate surface area is 105 Å². The minimum atomic E-state index is -0.0599. The van der Waals surface area contributed by atoms with E-state index in [9.17, 15) is 4.79 Å². The number of anilines is 2. The van der Waals surface area contributed by atoms with Crippen molar-refractivity contribution in [1.29, 1.82) is 0 Å². The van der Waals surface area contributed by atoms with Gasteiger partial charge in [-0.15, -0.1) is 0 Å². The van der Waals surface area contributed by atoms with Gasteiger partial charge in [0.05, 0.1) is 6.54 Å². The lowest BCUT2D eigenvalue weighted by atomic mass is 10.3. The van der Waals surface area contributed by atoms with E-state index >= 15 is 0 Å². The Morgan fingerprint density at radius 1 is 1.35 bits per heavy atom. The third-order valence-corrected chi connectivity index (χ3v) is 3.27. The normalized spacial score (nSPS) is 18.7. The molecule has 1 aromatic rings. The zero-order valence-corrected chi connectivity index (χ0v) is 10.7. The van der Waals surface area contributed by atoms with E-state index < -0.39 is 0 Å². The number of carbonyl (C=O) groups excluding carboxylic acids is 1. The summed E-state index contributed by atoms with van der Waals surface area (Å²) in [5, 5.41) is 7.50. The zero-order chi connectivity index (χ0) is 12.3. The first-order valence-electron chi connectivity index (χ1n) is 5.49. The van der Waals surface area contributed by atoms with Crippen LogP contribution in [0.5, 0.6) is 0 Å². The van der Waals surface area contributed by atoms with Crippen LogP contribution in [0.3, 0.4) is 0 Å². The molecule has 4 nitrogen and oxygen atoms in total. The maximum Gasteiger partial charge on any atom is 0.221 e. The third-order valence-electron chi connectivity index (χ3n) is 2.26. The molecule has 0 fully saturated rings. The number of rotatable bonds is 2. The molecule has 0 bridgehead atoms. The van der Waals surface area contributed by atoms with E-state index in [1.54, 1.807) is 11.8 Å². The van der Waals surface area contributed by atoms with Crippen LogP contribution in [0.15, 0.2) is 29.3 Å².